The van der Waals surface area contributed by atoms with E-state index in [-0.39, 0.29) is 5.91 Å². The molecule has 8 heteroatoms. The fourth-order valence-electron chi connectivity index (χ4n) is 3.20. The van der Waals surface area contributed by atoms with Crippen molar-refractivity contribution in [2.45, 2.75) is 39.5 Å². The van der Waals surface area contributed by atoms with Crippen LogP contribution in [0.3, 0.4) is 0 Å². The fraction of sp³-hybridized carbons (Fsp3) is 0.333. The Morgan fingerprint density at radius 2 is 2.00 bits per heavy atom. The molecule has 0 fully saturated rings. The van der Waals surface area contributed by atoms with E-state index >= 15 is 0 Å². The number of benzene rings is 2. The SMILES string of the molecule is CCc1nnc(NC(=O)C(C=N)CCCc2ccc(Oc3ccccc3C)c(OC)c2)s1. The Hall–Kier alpha value is -3.26. The van der Waals surface area contributed by atoms with Crippen molar-refractivity contribution in [2.24, 2.45) is 5.92 Å². The van der Waals surface area contributed by atoms with Crippen LogP contribution in [0.2, 0.25) is 0 Å². The van der Waals surface area contributed by atoms with Crippen molar-refractivity contribution in [3.63, 3.8) is 0 Å². The van der Waals surface area contributed by atoms with Crippen molar-refractivity contribution in [3.05, 3.63) is 58.6 Å². The molecular formula is C24H28N4O3S. The quantitative estimate of drug-likeness (QED) is 0.378. The van der Waals surface area contributed by atoms with Gasteiger partial charge in [0, 0.05) is 6.21 Å². The Bertz CT molecular complexity index is 1070. The molecule has 168 valence electrons. The third-order valence-corrected chi connectivity index (χ3v) is 6.04. The zero-order chi connectivity index (χ0) is 22.9. The lowest BCUT2D eigenvalue weighted by atomic mass is 9.99. The number of ether oxygens (including phenoxy) is 2. The van der Waals surface area contributed by atoms with Gasteiger partial charge in [0.05, 0.1) is 13.0 Å². The summed E-state index contributed by atoms with van der Waals surface area (Å²) in [5.74, 6) is 1.38. The summed E-state index contributed by atoms with van der Waals surface area (Å²) in [6, 6.07) is 13.7. The molecule has 0 saturated heterocycles. The molecule has 0 radical (unpaired) electrons. The van der Waals surface area contributed by atoms with Crippen LogP contribution in [-0.2, 0) is 17.6 Å². The van der Waals surface area contributed by atoms with E-state index in [1.165, 1.54) is 17.6 Å². The highest BCUT2D eigenvalue weighted by molar-refractivity contribution is 7.15. The molecule has 0 spiro atoms. The van der Waals surface area contributed by atoms with Crippen LogP contribution < -0.4 is 14.8 Å². The van der Waals surface area contributed by atoms with Crippen molar-refractivity contribution in [2.75, 3.05) is 12.4 Å². The minimum Gasteiger partial charge on any atom is -0.493 e. The van der Waals surface area contributed by atoms with E-state index in [1.807, 2.05) is 56.3 Å². The molecule has 1 amide bonds. The summed E-state index contributed by atoms with van der Waals surface area (Å²) in [6.07, 6.45) is 4.05. The van der Waals surface area contributed by atoms with Gasteiger partial charge in [-0.1, -0.05) is 42.5 Å². The summed E-state index contributed by atoms with van der Waals surface area (Å²) < 4.78 is 11.6. The van der Waals surface area contributed by atoms with E-state index < -0.39 is 5.92 Å². The van der Waals surface area contributed by atoms with Gasteiger partial charge in [0.1, 0.15) is 10.8 Å². The van der Waals surface area contributed by atoms with Crippen LogP contribution in [0.25, 0.3) is 0 Å². The number of rotatable bonds is 11. The first-order valence-corrected chi connectivity index (χ1v) is 11.4. The number of methoxy groups -OCH3 is 1. The largest absolute Gasteiger partial charge is 0.493 e. The summed E-state index contributed by atoms with van der Waals surface area (Å²) >= 11 is 1.36. The summed E-state index contributed by atoms with van der Waals surface area (Å²) in [4.78, 5) is 12.5. The molecule has 1 unspecified atom stereocenters. The van der Waals surface area contributed by atoms with Gasteiger partial charge in [0.15, 0.2) is 11.5 Å². The van der Waals surface area contributed by atoms with Gasteiger partial charge < -0.3 is 14.9 Å². The lowest BCUT2D eigenvalue weighted by Crippen LogP contribution is -2.23. The molecular weight excluding hydrogens is 424 g/mol. The molecule has 1 heterocycles. The van der Waals surface area contributed by atoms with Crippen LogP contribution in [0.15, 0.2) is 42.5 Å². The van der Waals surface area contributed by atoms with E-state index in [1.54, 1.807) is 7.11 Å². The minimum atomic E-state index is -0.505. The first-order chi connectivity index (χ1) is 15.5. The van der Waals surface area contributed by atoms with Crippen LogP contribution in [0, 0.1) is 18.3 Å². The molecule has 0 aliphatic carbocycles. The van der Waals surface area contributed by atoms with Crippen LogP contribution >= 0.6 is 11.3 Å². The number of aryl methyl sites for hydroxylation is 3. The smallest absolute Gasteiger partial charge is 0.234 e. The second-order valence-corrected chi connectivity index (χ2v) is 8.42. The number of nitrogens with one attached hydrogen (secondary N) is 2. The molecule has 1 atom stereocenters. The molecule has 0 aliphatic heterocycles. The van der Waals surface area contributed by atoms with Crippen LogP contribution in [0.4, 0.5) is 5.13 Å². The molecule has 2 aromatic carbocycles. The predicted molar refractivity (Wildman–Crippen MR) is 127 cm³/mol. The maximum atomic E-state index is 12.5. The Kier molecular flexibility index (Phi) is 8.33. The number of hydrogen-bond donors (Lipinski definition) is 2. The Morgan fingerprint density at radius 1 is 1.19 bits per heavy atom. The van der Waals surface area contributed by atoms with Gasteiger partial charge in [0.25, 0.3) is 0 Å². The van der Waals surface area contributed by atoms with E-state index in [2.05, 4.69) is 15.5 Å². The third kappa shape index (κ3) is 6.13. The molecule has 32 heavy (non-hydrogen) atoms. The maximum absolute atomic E-state index is 12.5. The zero-order valence-electron chi connectivity index (χ0n) is 18.6. The van der Waals surface area contributed by atoms with Crippen molar-refractivity contribution in [3.8, 4) is 17.2 Å². The van der Waals surface area contributed by atoms with Crippen molar-refractivity contribution < 1.29 is 14.3 Å². The number of carbonyl (C=O) groups excluding carboxylic acids is 1. The standard InChI is InChI=1S/C24H28N4O3S/c1-4-22-27-28-24(32-22)26-23(29)18(15-25)10-7-9-17-12-13-20(21(14-17)30-3)31-19-11-6-5-8-16(19)2/h5-6,8,11-15,18,25H,4,7,9-10H2,1-3H3,(H,26,28,29). The minimum absolute atomic E-state index is 0.224. The zero-order valence-corrected chi connectivity index (χ0v) is 19.4. The Morgan fingerprint density at radius 3 is 2.69 bits per heavy atom. The van der Waals surface area contributed by atoms with Crippen LogP contribution in [0.1, 0.15) is 35.9 Å². The number of carbonyl (C=O) groups is 1. The first-order valence-electron chi connectivity index (χ1n) is 10.6. The van der Waals surface area contributed by atoms with E-state index in [0.717, 1.165) is 41.1 Å². The van der Waals surface area contributed by atoms with Gasteiger partial charge >= 0.3 is 0 Å². The molecule has 2 N–H and O–H groups in total. The van der Waals surface area contributed by atoms with E-state index in [0.29, 0.717) is 23.1 Å². The fourth-order valence-corrected chi connectivity index (χ4v) is 3.88. The summed E-state index contributed by atoms with van der Waals surface area (Å²) in [6.45, 7) is 3.99. The predicted octanol–water partition coefficient (Wildman–Crippen LogP) is 5.44. The van der Waals surface area contributed by atoms with Crippen molar-refractivity contribution in [1.82, 2.24) is 10.2 Å². The number of nitrogens with zero attached hydrogens (tertiary/aromatic N) is 2. The highest BCUT2D eigenvalue weighted by Gasteiger charge is 2.18. The Labute approximate surface area is 192 Å². The number of para-hydroxylation sites is 1. The van der Waals surface area contributed by atoms with Crippen molar-refractivity contribution in [1.29, 1.82) is 5.41 Å². The summed E-state index contributed by atoms with van der Waals surface area (Å²) in [5, 5.41) is 19.7. The average molecular weight is 453 g/mol. The van der Waals surface area contributed by atoms with Gasteiger partial charge in [-0.2, -0.15) is 0 Å². The number of anilines is 1. The molecule has 0 aliphatic rings. The lowest BCUT2D eigenvalue weighted by Gasteiger charge is -2.14. The monoisotopic (exact) mass is 452 g/mol. The number of aromatic nitrogens is 2. The van der Waals surface area contributed by atoms with Gasteiger partial charge in [-0.15, -0.1) is 10.2 Å². The number of amides is 1. The topological polar surface area (TPSA) is 97.2 Å². The highest BCUT2D eigenvalue weighted by atomic mass is 32.1. The third-order valence-electron chi connectivity index (χ3n) is 5.06. The summed E-state index contributed by atoms with van der Waals surface area (Å²) in [7, 11) is 1.62. The molecule has 3 aromatic rings. The normalized spacial score (nSPS) is 11.6. The molecule has 1 aromatic heterocycles. The maximum Gasteiger partial charge on any atom is 0.234 e. The first kappa shape index (κ1) is 23.4. The molecule has 0 saturated carbocycles. The van der Waals surface area contributed by atoms with Gasteiger partial charge in [-0.3, -0.25) is 10.1 Å². The lowest BCUT2D eigenvalue weighted by molar-refractivity contribution is -0.118. The van der Waals surface area contributed by atoms with Crippen molar-refractivity contribution >= 4 is 28.6 Å². The molecule has 0 bridgehead atoms. The number of hydrogen-bond acceptors (Lipinski definition) is 7. The van der Waals surface area contributed by atoms with E-state index in [9.17, 15) is 4.79 Å². The van der Waals surface area contributed by atoms with E-state index in [4.69, 9.17) is 14.9 Å². The molecule has 3 rings (SSSR count). The second-order valence-electron chi connectivity index (χ2n) is 7.36. The van der Waals surface area contributed by atoms with Crippen LogP contribution in [-0.4, -0.2) is 29.4 Å². The van der Waals surface area contributed by atoms with Crippen LogP contribution in [0.5, 0.6) is 17.2 Å². The highest BCUT2D eigenvalue weighted by Crippen LogP contribution is 2.34. The van der Waals surface area contributed by atoms with Gasteiger partial charge in [-0.25, -0.2) is 0 Å². The van der Waals surface area contributed by atoms with Gasteiger partial charge in [-0.05, 0) is 61.9 Å². The van der Waals surface area contributed by atoms with Gasteiger partial charge in [0.2, 0.25) is 11.0 Å². The average Bonchev–Trinajstić information content (AvgIpc) is 3.26. The summed E-state index contributed by atoms with van der Waals surface area (Å²) in [5.41, 5.74) is 2.13. The Balaban J connectivity index is 1.56. The second kappa shape index (κ2) is 11.4. The molecule has 7 nitrogen and oxygen atoms in total.